The molecule has 0 aliphatic carbocycles. The monoisotopic (exact) mass is 471 g/mol. The Morgan fingerprint density at radius 2 is 1.94 bits per heavy atom. The summed E-state index contributed by atoms with van der Waals surface area (Å²) in [7, 11) is 1.64. The molecule has 0 bridgehead atoms. The highest BCUT2D eigenvalue weighted by atomic mass is 35.5. The molecule has 1 aromatic heterocycles. The number of aromatic nitrogens is 1. The second kappa shape index (κ2) is 10.9. The van der Waals surface area contributed by atoms with Gasteiger partial charge in [-0.15, -0.1) is 11.3 Å². The van der Waals surface area contributed by atoms with Crippen molar-refractivity contribution in [3.05, 3.63) is 64.5 Å². The Morgan fingerprint density at radius 1 is 1.19 bits per heavy atom. The van der Waals surface area contributed by atoms with Crippen LogP contribution in [0.25, 0.3) is 11.3 Å². The van der Waals surface area contributed by atoms with Crippen LogP contribution in [0.5, 0.6) is 5.75 Å². The zero-order chi connectivity index (χ0) is 22.3. The molecule has 4 rings (SSSR count). The third kappa shape index (κ3) is 5.48. The summed E-state index contributed by atoms with van der Waals surface area (Å²) in [5.74, 6) is 0.663. The van der Waals surface area contributed by atoms with E-state index in [4.69, 9.17) is 26.1 Å². The van der Waals surface area contributed by atoms with E-state index in [1.807, 2.05) is 41.8 Å². The standard InChI is InChI=1S/C24H26ClN3O3S/c1-30-19-9-7-18(8-10-19)22-17-32-24(26-22)28(12-4-11-27-13-15-31-16-14-27)23(29)20-5-2-3-6-21(20)25/h2-3,5-10,17H,4,11-16H2,1H3. The molecule has 0 spiro atoms. The van der Waals surface area contributed by atoms with Crippen molar-refractivity contribution in [3.63, 3.8) is 0 Å². The van der Waals surface area contributed by atoms with Gasteiger partial charge in [-0.3, -0.25) is 14.6 Å². The van der Waals surface area contributed by atoms with Crippen molar-refractivity contribution in [2.75, 3.05) is 51.4 Å². The van der Waals surface area contributed by atoms with Gasteiger partial charge in [0.05, 0.1) is 36.6 Å². The first-order chi connectivity index (χ1) is 15.7. The predicted molar refractivity (Wildman–Crippen MR) is 129 cm³/mol. The van der Waals surface area contributed by atoms with Crippen LogP contribution >= 0.6 is 22.9 Å². The molecule has 168 valence electrons. The summed E-state index contributed by atoms with van der Waals surface area (Å²) in [6, 6.07) is 14.9. The molecule has 0 N–H and O–H groups in total. The fraction of sp³-hybridized carbons (Fsp3) is 0.333. The molecular weight excluding hydrogens is 446 g/mol. The van der Waals surface area contributed by atoms with Crippen LogP contribution in [0.1, 0.15) is 16.8 Å². The van der Waals surface area contributed by atoms with Crippen LogP contribution in [0.4, 0.5) is 5.13 Å². The van der Waals surface area contributed by atoms with Crippen molar-refractivity contribution < 1.29 is 14.3 Å². The Bertz CT molecular complexity index is 1030. The van der Waals surface area contributed by atoms with Gasteiger partial charge < -0.3 is 9.47 Å². The Kier molecular flexibility index (Phi) is 7.76. The first kappa shape index (κ1) is 22.7. The number of carbonyl (C=O) groups excluding carboxylic acids is 1. The smallest absolute Gasteiger partial charge is 0.261 e. The van der Waals surface area contributed by atoms with Crippen LogP contribution in [0, 0.1) is 0 Å². The van der Waals surface area contributed by atoms with Gasteiger partial charge in [0, 0.05) is 37.1 Å². The maximum atomic E-state index is 13.4. The van der Waals surface area contributed by atoms with Gasteiger partial charge in [-0.05, 0) is 42.8 Å². The molecule has 1 saturated heterocycles. The van der Waals surface area contributed by atoms with Crippen LogP contribution in [0.2, 0.25) is 5.02 Å². The molecule has 3 aromatic rings. The van der Waals surface area contributed by atoms with Crippen molar-refractivity contribution in [1.29, 1.82) is 0 Å². The summed E-state index contributed by atoms with van der Waals surface area (Å²) in [5.41, 5.74) is 2.30. The van der Waals surface area contributed by atoms with Gasteiger partial charge in [0.15, 0.2) is 5.13 Å². The number of thiazole rings is 1. The van der Waals surface area contributed by atoms with E-state index in [9.17, 15) is 4.79 Å². The fourth-order valence-corrected chi connectivity index (χ4v) is 4.70. The van der Waals surface area contributed by atoms with E-state index in [2.05, 4.69) is 4.90 Å². The van der Waals surface area contributed by atoms with E-state index in [0.717, 1.165) is 56.3 Å². The Labute approximate surface area is 197 Å². The number of carbonyl (C=O) groups is 1. The number of hydrogen-bond acceptors (Lipinski definition) is 6. The number of anilines is 1. The largest absolute Gasteiger partial charge is 0.497 e. The molecule has 2 heterocycles. The molecule has 2 aromatic carbocycles. The second-order valence-electron chi connectivity index (χ2n) is 7.49. The number of benzene rings is 2. The number of rotatable bonds is 8. The Hall–Kier alpha value is -2.45. The lowest BCUT2D eigenvalue weighted by Crippen LogP contribution is -2.39. The third-order valence-corrected chi connectivity index (χ3v) is 6.61. The zero-order valence-corrected chi connectivity index (χ0v) is 19.6. The van der Waals surface area contributed by atoms with Gasteiger partial charge in [0.1, 0.15) is 5.75 Å². The van der Waals surface area contributed by atoms with Crippen molar-refractivity contribution in [2.45, 2.75) is 6.42 Å². The lowest BCUT2D eigenvalue weighted by molar-refractivity contribution is 0.0376. The summed E-state index contributed by atoms with van der Waals surface area (Å²) in [6.07, 6.45) is 0.841. The quantitative estimate of drug-likeness (QED) is 0.470. The maximum Gasteiger partial charge on any atom is 0.261 e. The van der Waals surface area contributed by atoms with Gasteiger partial charge in [-0.1, -0.05) is 23.7 Å². The number of amides is 1. The van der Waals surface area contributed by atoms with Crippen LogP contribution < -0.4 is 9.64 Å². The Morgan fingerprint density at radius 3 is 2.66 bits per heavy atom. The van der Waals surface area contributed by atoms with Gasteiger partial charge in [0.25, 0.3) is 5.91 Å². The summed E-state index contributed by atoms with van der Waals surface area (Å²) >= 11 is 7.80. The average molecular weight is 472 g/mol. The molecule has 1 amide bonds. The normalized spacial score (nSPS) is 14.3. The van der Waals surface area contributed by atoms with Crippen molar-refractivity contribution in [3.8, 4) is 17.0 Å². The van der Waals surface area contributed by atoms with Crippen LogP contribution in [0.15, 0.2) is 53.9 Å². The summed E-state index contributed by atoms with van der Waals surface area (Å²) in [4.78, 5) is 22.3. The van der Waals surface area contributed by atoms with E-state index >= 15 is 0 Å². The maximum absolute atomic E-state index is 13.4. The number of morpholine rings is 1. The second-order valence-corrected chi connectivity index (χ2v) is 8.73. The van der Waals surface area contributed by atoms with Crippen molar-refractivity contribution in [1.82, 2.24) is 9.88 Å². The fourth-order valence-electron chi connectivity index (χ4n) is 3.62. The molecular formula is C24H26ClN3O3S. The minimum atomic E-state index is -0.131. The molecule has 1 aliphatic heterocycles. The minimum Gasteiger partial charge on any atom is -0.497 e. The highest BCUT2D eigenvalue weighted by molar-refractivity contribution is 7.14. The highest BCUT2D eigenvalue weighted by Gasteiger charge is 2.23. The van der Waals surface area contributed by atoms with E-state index in [0.29, 0.717) is 22.3 Å². The molecule has 0 unspecified atom stereocenters. The van der Waals surface area contributed by atoms with Gasteiger partial charge in [-0.25, -0.2) is 4.98 Å². The molecule has 0 radical (unpaired) electrons. The number of hydrogen-bond donors (Lipinski definition) is 0. The van der Waals surface area contributed by atoms with Crippen LogP contribution in [0.3, 0.4) is 0 Å². The zero-order valence-electron chi connectivity index (χ0n) is 18.0. The SMILES string of the molecule is COc1ccc(-c2csc(N(CCCN3CCOCC3)C(=O)c3ccccc3Cl)n2)cc1. The molecule has 8 heteroatoms. The van der Waals surface area contributed by atoms with E-state index in [-0.39, 0.29) is 5.91 Å². The van der Waals surface area contributed by atoms with Gasteiger partial charge >= 0.3 is 0 Å². The van der Waals surface area contributed by atoms with Gasteiger partial charge in [0.2, 0.25) is 0 Å². The molecule has 0 saturated carbocycles. The molecule has 6 nitrogen and oxygen atoms in total. The number of ether oxygens (including phenoxy) is 2. The molecule has 1 aliphatic rings. The highest BCUT2D eigenvalue weighted by Crippen LogP contribution is 2.30. The average Bonchev–Trinajstić information content (AvgIpc) is 3.32. The molecule has 1 fully saturated rings. The summed E-state index contributed by atoms with van der Waals surface area (Å²) in [6.45, 7) is 4.86. The van der Waals surface area contributed by atoms with Crippen molar-refractivity contribution >= 4 is 34.0 Å². The molecule has 0 atom stereocenters. The van der Waals surface area contributed by atoms with Crippen molar-refractivity contribution in [2.24, 2.45) is 0 Å². The lowest BCUT2D eigenvalue weighted by Gasteiger charge is -2.27. The third-order valence-electron chi connectivity index (χ3n) is 5.42. The lowest BCUT2D eigenvalue weighted by atomic mass is 10.2. The van der Waals surface area contributed by atoms with Crippen LogP contribution in [-0.4, -0.2) is 62.3 Å². The van der Waals surface area contributed by atoms with E-state index in [1.54, 1.807) is 24.1 Å². The van der Waals surface area contributed by atoms with Gasteiger partial charge in [-0.2, -0.15) is 0 Å². The number of halogens is 1. The van der Waals surface area contributed by atoms with E-state index in [1.165, 1.54) is 11.3 Å². The molecule has 32 heavy (non-hydrogen) atoms. The topological polar surface area (TPSA) is 54.9 Å². The first-order valence-electron chi connectivity index (χ1n) is 10.6. The number of methoxy groups -OCH3 is 1. The van der Waals surface area contributed by atoms with E-state index < -0.39 is 0 Å². The van der Waals surface area contributed by atoms with Crippen LogP contribution in [-0.2, 0) is 4.74 Å². The Balaban J connectivity index is 1.54. The minimum absolute atomic E-state index is 0.131. The predicted octanol–water partition coefficient (Wildman–Crippen LogP) is 4.84. The number of nitrogens with zero attached hydrogens (tertiary/aromatic N) is 3. The first-order valence-corrected chi connectivity index (χ1v) is 11.9. The summed E-state index contributed by atoms with van der Waals surface area (Å²) < 4.78 is 10.7. The summed E-state index contributed by atoms with van der Waals surface area (Å²) in [5, 5.41) is 3.09.